The van der Waals surface area contributed by atoms with Gasteiger partial charge in [-0.2, -0.15) is 0 Å². The molecule has 0 aliphatic heterocycles. The lowest BCUT2D eigenvalue weighted by Crippen LogP contribution is -2.44. The Labute approximate surface area is 121 Å². The molecule has 19 heavy (non-hydrogen) atoms. The fraction of sp³-hybridized carbons (Fsp3) is 0.429. The van der Waals surface area contributed by atoms with E-state index in [1.54, 1.807) is 18.2 Å². The average molecular weight is 328 g/mol. The van der Waals surface area contributed by atoms with Crippen molar-refractivity contribution in [2.45, 2.75) is 39.3 Å². The van der Waals surface area contributed by atoms with Crippen LogP contribution < -0.4 is 5.32 Å². The number of nitrogens with one attached hydrogen (secondary N) is 1. The molecule has 0 radical (unpaired) electrons. The van der Waals surface area contributed by atoms with E-state index < -0.39 is 17.6 Å². The van der Waals surface area contributed by atoms with Gasteiger partial charge in [0.1, 0.15) is 0 Å². The quantitative estimate of drug-likeness (QED) is 0.868. The lowest BCUT2D eigenvalue weighted by atomic mass is 10.1. The second-order valence-corrected chi connectivity index (χ2v) is 6.10. The number of carbonyl (C=O) groups is 2. The predicted octanol–water partition coefficient (Wildman–Crippen LogP) is 2.97. The Kier molecular flexibility index (Phi) is 5.11. The molecule has 1 rings (SSSR count). The van der Waals surface area contributed by atoms with Crippen LogP contribution in [0.1, 0.15) is 39.4 Å². The van der Waals surface area contributed by atoms with Gasteiger partial charge < -0.3 is 10.1 Å². The predicted molar refractivity (Wildman–Crippen MR) is 76.5 cm³/mol. The standard InChI is InChI=1S/C14H18BrNO3/c1-9(17)19-12(13(18)16-14(2,3)4)10-7-5-6-8-11(10)15/h5-8,12H,1-4H3,(H,16,18). The van der Waals surface area contributed by atoms with Gasteiger partial charge in [0.15, 0.2) is 0 Å². The van der Waals surface area contributed by atoms with E-state index in [0.29, 0.717) is 5.56 Å². The number of ether oxygens (including phenoxy) is 1. The number of hydrogen-bond acceptors (Lipinski definition) is 3. The molecule has 1 aromatic rings. The minimum Gasteiger partial charge on any atom is -0.447 e. The summed E-state index contributed by atoms with van der Waals surface area (Å²) in [6.45, 7) is 6.90. The lowest BCUT2D eigenvalue weighted by molar-refractivity contribution is -0.155. The third kappa shape index (κ3) is 5.03. The highest BCUT2D eigenvalue weighted by molar-refractivity contribution is 9.10. The first-order valence-electron chi connectivity index (χ1n) is 5.94. The summed E-state index contributed by atoms with van der Waals surface area (Å²) in [5.41, 5.74) is 0.232. The van der Waals surface area contributed by atoms with Gasteiger partial charge in [0.05, 0.1) is 0 Å². The van der Waals surface area contributed by atoms with Crippen LogP contribution in [0.5, 0.6) is 0 Å². The van der Waals surface area contributed by atoms with E-state index in [4.69, 9.17) is 4.74 Å². The van der Waals surface area contributed by atoms with Crippen LogP contribution in [-0.4, -0.2) is 17.4 Å². The Morgan fingerprint density at radius 3 is 2.32 bits per heavy atom. The maximum absolute atomic E-state index is 12.2. The summed E-state index contributed by atoms with van der Waals surface area (Å²) in [7, 11) is 0. The van der Waals surface area contributed by atoms with E-state index in [0.717, 1.165) is 4.47 Å². The Hall–Kier alpha value is -1.36. The summed E-state index contributed by atoms with van der Waals surface area (Å²) in [5, 5.41) is 2.81. The monoisotopic (exact) mass is 327 g/mol. The molecule has 1 atom stereocenters. The van der Waals surface area contributed by atoms with Gasteiger partial charge in [0, 0.05) is 22.5 Å². The lowest BCUT2D eigenvalue weighted by Gasteiger charge is -2.25. The molecule has 5 heteroatoms. The third-order valence-corrected chi connectivity index (χ3v) is 2.93. The van der Waals surface area contributed by atoms with Crippen LogP contribution >= 0.6 is 15.9 Å². The van der Waals surface area contributed by atoms with Crippen LogP contribution in [0.2, 0.25) is 0 Å². The van der Waals surface area contributed by atoms with Gasteiger partial charge in [-0.1, -0.05) is 34.1 Å². The van der Waals surface area contributed by atoms with Gasteiger partial charge in [-0.15, -0.1) is 0 Å². The van der Waals surface area contributed by atoms with Crippen molar-refractivity contribution >= 4 is 27.8 Å². The van der Waals surface area contributed by atoms with Crippen LogP contribution in [-0.2, 0) is 14.3 Å². The number of halogens is 1. The molecular weight excluding hydrogens is 310 g/mol. The molecule has 0 fully saturated rings. The number of amides is 1. The molecule has 1 N–H and O–H groups in total. The summed E-state index contributed by atoms with van der Waals surface area (Å²) in [6.07, 6.45) is -0.952. The fourth-order valence-corrected chi connectivity index (χ4v) is 2.04. The van der Waals surface area contributed by atoms with Gasteiger partial charge in [-0.05, 0) is 26.8 Å². The van der Waals surface area contributed by atoms with Crippen LogP contribution in [0.3, 0.4) is 0 Å². The van der Waals surface area contributed by atoms with Gasteiger partial charge in [-0.3, -0.25) is 9.59 Å². The SMILES string of the molecule is CC(=O)OC(C(=O)NC(C)(C)C)c1ccccc1Br. The first-order valence-corrected chi connectivity index (χ1v) is 6.73. The second-order valence-electron chi connectivity index (χ2n) is 5.25. The number of benzene rings is 1. The van der Waals surface area contributed by atoms with Crippen molar-refractivity contribution < 1.29 is 14.3 Å². The molecule has 1 unspecified atom stereocenters. The molecule has 0 spiro atoms. The second kappa shape index (κ2) is 6.19. The molecule has 0 aliphatic rings. The molecule has 0 saturated carbocycles. The van der Waals surface area contributed by atoms with Gasteiger partial charge in [0.2, 0.25) is 6.10 Å². The number of esters is 1. The zero-order valence-electron chi connectivity index (χ0n) is 11.5. The van der Waals surface area contributed by atoms with E-state index in [1.807, 2.05) is 26.8 Å². The van der Waals surface area contributed by atoms with Crippen LogP contribution in [0.25, 0.3) is 0 Å². The molecule has 0 aliphatic carbocycles. The molecular formula is C14H18BrNO3. The Morgan fingerprint density at radius 2 is 1.84 bits per heavy atom. The summed E-state index contributed by atoms with van der Waals surface area (Å²) in [5.74, 6) is -0.834. The van der Waals surface area contributed by atoms with Gasteiger partial charge in [0.25, 0.3) is 5.91 Å². The molecule has 0 heterocycles. The minimum atomic E-state index is -0.952. The van der Waals surface area contributed by atoms with E-state index in [1.165, 1.54) is 6.92 Å². The smallest absolute Gasteiger partial charge is 0.303 e. The van der Waals surface area contributed by atoms with Crippen molar-refractivity contribution in [2.75, 3.05) is 0 Å². The van der Waals surface area contributed by atoms with Crippen molar-refractivity contribution in [1.29, 1.82) is 0 Å². The van der Waals surface area contributed by atoms with Gasteiger partial charge >= 0.3 is 5.97 Å². The van der Waals surface area contributed by atoms with Crippen molar-refractivity contribution in [3.05, 3.63) is 34.3 Å². The van der Waals surface area contributed by atoms with Crippen LogP contribution in [0.15, 0.2) is 28.7 Å². The molecule has 4 nitrogen and oxygen atoms in total. The molecule has 104 valence electrons. The molecule has 0 bridgehead atoms. The summed E-state index contributed by atoms with van der Waals surface area (Å²) >= 11 is 3.36. The highest BCUT2D eigenvalue weighted by Crippen LogP contribution is 2.26. The highest BCUT2D eigenvalue weighted by atomic mass is 79.9. The average Bonchev–Trinajstić information content (AvgIpc) is 2.24. The fourth-order valence-electron chi connectivity index (χ4n) is 1.55. The minimum absolute atomic E-state index is 0.338. The van der Waals surface area contributed by atoms with Crippen LogP contribution in [0, 0.1) is 0 Å². The van der Waals surface area contributed by atoms with Crippen LogP contribution in [0.4, 0.5) is 0 Å². The maximum Gasteiger partial charge on any atom is 0.303 e. The van der Waals surface area contributed by atoms with Gasteiger partial charge in [-0.25, -0.2) is 0 Å². The Balaban J connectivity index is 3.05. The molecule has 0 saturated heterocycles. The zero-order valence-corrected chi connectivity index (χ0v) is 13.1. The number of rotatable bonds is 3. The van der Waals surface area contributed by atoms with Crippen molar-refractivity contribution in [3.8, 4) is 0 Å². The van der Waals surface area contributed by atoms with E-state index in [-0.39, 0.29) is 5.91 Å². The van der Waals surface area contributed by atoms with E-state index in [9.17, 15) is 9.59 Å². The molecule has 1 amide bonds. The van der Waals surface area contributed by atoms with Crippen molar-refractivity contribution in [2.24, 2.45) is 0 Å². The summed E-state index contributed by atoms with van der Waals surface area (Å²) < 4.78 is 5.87. The zero-order chi connectivity index (χ0) is 14.6. The van der Waals surface area contributed by atoms with E-state index >= 15 is 0 Å². The highest BCUT2D eigenvalue weighted by Gasteiger charge is 2.28. The first kappa shape index (κ1) is 15.7. The topological polar surface area (TPSA) is 55.4 Å². The van der Waals surface area contributed by atoms with Crippen molar-refractivity contribution in [1.82, 2.24) is 5.32 Å². The molecule has 0 aromatic heterocycles. The number of carbonyl (C=O) groups excluding carboxylic acids is 2. The molecule has 1 aromatic carbocycles. The third-order valence-electron chi connectivity index (χ3n) is 2.21. The maximum atomic E-state index is 12.2. The normalized spacial score (nSPS) is 12.7. The first-order chi connectivity index (χ1) is 8.70. The Bertz CT molecular complexity index is 480. The Morgan fingerprint density at radius 1 is 1.26 bits per heavy atom. The van der Waals surface area contributed by atoms with Crippen molar-refractivity contribution in [3.63, 3.8) is 0 Å². The summed E-state index contributed by atoms with van der Waals surface area (Å²) in [6, 6.07) is 7.18. The largest absolute Gasteiger partial charge is 0.447 e. The summed E-state index contributed by atoms with van der Waals surface area (Å²) in [4.78, 5) is 23.4. The number of hydrogen-bond donors (Lipinski definition) is 1. The van der Waals surface area contributed by atoms with E-state index in [2.05, 4.69) is 21.2 Å².